The van der Waals surface area contributed by atoms with Crippen molar-refractivity contribution in [3.05, 3.63) is 76.2 Å². The summed E-state index contributed by atoms with van der Waals surface area (Å²) in [5.41, 5.74) is 4.04. The number of hydrogen-bond acceptors (Lipinski definition) is 6. The van der Waals surface area contributed by atoms with Gasteiger partial charge in [0.1, 0.15) is 28.9 Å². The van der Waals surface area contributed by atoms with Crippen molar-refractivity contribution >= 4 is 17.2 Å². The number of benzene rings is 2. The van der Waals surface area contributed by atoms with Gasteiger partial charge in [-0.15, -0.1) is 11.3 Å². The van der Waals surface area contributed by atoms with Crippen LogP contribution in [0.25, 0.3) is 17.1 Å². The number of aromatic nitrogens is 2. The Bertz CT molecular complexity index is 1310. The fraction of sp³-hybridized carbons (Fsp3) is 0.286. The Labute approximate surface area is 215 Å². The van der Waals surface area contributed by atoms with Crippen molar-refractivity contribution in [2.75, 3.05) is 14.2 Å². The maximum Gasteiger partial charge on any atom is 0.253 e. The zero-order valence-electron chi connectivity index (χ0n) is 21.2. The van der Waals surface area contributed by atoms with Crippen molar-refractivity contribution in [2.45, 2.75) is 39.8 Å². The van der Waals surface area contributed by atoms with Crippen molar-refractivity contribution < 1.29 is 19.0 Å². The molecule has 4 rings (SSSR count). The van der Waals surface area contributed by atoms with Crippen LogP contribution in [0.15, 0.2) is 60.0 Å². The quantitative estimate of drug-likeness (QED) is 0.285. The first-order chi connectivity index (χ1) is 17.4. The second-order valence-corrected chi connectivity index (χ2v) is 9.38. The lowest BCUT2D eigenvalue weighted by Gasteiger charge is -2.13. The second-order valence-electron chi connectivity index (χ2n) is 8.44. The second kappa shape index (κ2) is 11.3. The van der Waals surface area contributed by atoms with Crippen LogP contribution in [0.1, 0.15) is 41.3 Å². The van der Waals surface area contributed by atoms with Crippen molar-refractivity contribution in [3.8, 4) is 34.3 Å². The van der Waals surface area contributed by atoms with Crippen LogP contribution in [0.3, 0.4) is 0 Å². The first kappa shape index (κ1) is 25.3. The number of hydrogen-bond donors (Lipinski definition) is 1. The van der Waals surface area contributed by atoms with Crippen LogP contribution in [0.5, 0.6) is 17.2 Å². The molecule has 7 nitrogen and oxygen atoms in total. The summed E-state index contributed by atoms with van der Waals surface area (Å²) in [5, 5.41) is 5.92. The smallest absolute Gasteiger partial charge is 0.253 e. The first-order valence-electron chi connectivity index (χ1n) is 11.8. The summed E-state index contributed by atoms with van der Waals surface area (Å²) in [6.07, 6.45) is 0.862. The molecule has 0 aliphatic rings. The number of amides is 1. The van der Waals surface area contributed by atoms with Crippen molar-refractivity contribution in [1.82, 2.24) is 14.9 Å². The summed E-state index contributed by atoms with van der Waals surface area (Å²) in [7, 11) is 3.28. The molecule has 0 spiro atoms. The van der Waals surface area contributed by atoms with Gasteiger partial charge in [0.25, 0.3) is 5.91 Å². The third-order valence-corrected chi connectivity index (χ3v) is 6.87. The van der Waals surface area contributed by atoms with E-state index in [2.05, 4.69) is 16.8 Å². The number of thiazole rings is 1. The molecule has 1 amide bonds. The van der Waals surface area contributed by atoms with E-state index in [1.807, 2.05) is 73.8 Å². The minimum Gasteiger partial charge on any atom is -0.497 e. The highest BCUT2D eigenvalue weighted by Gasteiger charge is 2.22. The van der Waals surface area contributed by atoms with E-state index in [9.17, 15) is 4.79 Å². The van der Waals surface area contributed by atoms with Gasteiger partial charge in [-0.3, -0.25) is 4.79 Å². The molecule has 1 N–H and O–H groups in total. The van der Waals surface area contributed by atoms with Gasteiger partial charge >= 0.3 is 0 Å². The standard InChI is InChI=1S/C28H31N3O4S/c1-6-18(2)29-28(32)24-15-26(31(19(24)3)20-7-9-21(33-4)10-8-20)25-17-36-27(30-25)16-35-23-13-11-22(34-5)12-14-23/h7-15,17-18H,6,16H2,1-5H3,(H,29,32). The van der Waals surface area contributed by atoms with Gasteiger partial charge in [0, 0.05) is 22.8 Å². The van der Waals surface area contributed by atoms with Gasteiger partial charge in [-0.05, 0) is 74.9 Å². The molecule has 2 aromatic heterocycles. The number of carbonyl (C=O) groups is 1. The van der Waals surface area contributed by atoms with Gasteiger partial charge in [0.2, 0.25) is 0 Å². The molecule has 0 aliphatic carbocycles. The first-order valence-corrected chi connectivity index (χ1v) is 12.7. The molecule has 0 saturated carbocycles. The van der Waals surface area contributed by atoms with E-state index in [-0.39, 0.29) is 11.9 Å². The molecule has 188 valence electrons. The van der Waals surface area contributed by atoms with Crippen molar-refractivity contribution in [2.24, 2.45) is 0 Å². The Morgan fingerprint density at radius 2 is 1.64 bits per heavy atom. The minimum atomic E-state index is -0.0892. The van der Waals surface area contributed by atoms with Gasteiger partial charge in [-0.25, -0.2) is 4.98 Å². The molecule has 4 aromatic rings. The Hall–Kier alpha value is -3.78. The Morgan fingerprint density at radius 3 is 2.25 bits per heavy atom. The third-order valence-electron chi connectivity index (χ3n) is 6.05. The third kappa shape index (κ3) is 5.54. The van der Waals surface area contributed by atoms with Crippen molar-refractivity contribution in [1.29, 1.82) is 0 Å². The molecule has 36 heavy (non-hydrogen) atoms. The van der Waals surface area contributed by atoms with Crippen LogP contribution in [0, 0.1) is 6.92 Å². The van der Waals surface area contributed by atoms with Crippen LogP contribution >= 0.6 is 11.3 Å². The number of nitrogens with zero attached hydrogens (tertiary/aromatic N) is 2. The largest absolute Gasteiger partial charge is 0.497 e. The summed E-state index contributed by atoms with van der Waals surface area (Å²) < 4.78 is 18.5. The topological polar surface area (TPSA) is 74.6 Å². The number of ether oxygens (including phenoxy) is 3. The molecular formula is C28H31N3O4S. The summed E-state index contributed by atoms with van der Waals surface area (Å²) in [6, 6.07) is 17.2. The molecular weight excluding hydrogens is 474 g/mol. The highest BCUT2D eigenvalue weighted by atomic mass is 32.1. The lowest BCUT2D eigenvalue weighted by Crippen LogP contribution is -2.32. The van der Waals surface area contributed by atoms with Gasteiger partial charge in [0.15, 0.2) is 0 Å². The zero-order chi connectivity index (χ0) is 25.7. The fourth-order valence-electron chi connectivity index (χ4n) is 3.80. The Balaban J connectivity index is 1.65. The fourth-order valence-corrected chi connectivity index (χ4v) is 4.50. The minimum absolute atomic E-state index is 0.0886. The monoisotopic (exact) mass is 505 g/mol. The molecule has 0 radical (unpaired) electrons. The summed E-state index contributed by atoms with van der Waals surface area (Å²) in [4.78, 5) is 17.9. The number of rotatable bonds is 10. The maximum absolute atomic E-state index is 13.1. The molecule has 1 unspecified atom stereocenters. The predicted octanol–water partition coefficient (Wildman–Crippen LogP) is 6.03. The van der Waals surface area contributed by atoms with Crippen LogP contribution in [0.4, 0.5) is 0 Å². The van der Waals surface area contributed by atoms with E-state index < -0.39 is 0 Å². The van der Waals surface area contributed by atoms with Gasteiger partial charge in [-0.2, -0.15) is 0 Å². The molecule has 8 heteroatoms. The molecule has 0 aliphatic heterocycles. The van der Waals surface area contributed by atoms with Crippen LogP contribution in [0.2, 0.25) is 0 Å². The van der Waals surface area contributed by atoms with E-state index in [0.717, 1.165) is 51.4 Å². The summed E-state index contributed by atoms with van der Waals surface area (Å²) in [6.45, 7) is 6.36. The number of carbonyl (C=O) groups excluding carboxylic acids is 1. The van der Waals surface area contributed by atoms with Gasteiger partial charge in [-0.1, -0.05) is 6.92 Å². The van der Waals surface area contributed by atoms with Crippen LogP contribution in [-0.2, 0) is 6.61 Å². The summed E-state index contributed by atoms with van der Waals surface area (Å²) in [5.74, 6) is 2.20. The molecule has 2 heterocycles. The normalized spacial score (nSPS) is 11.7. The van der Waals surface area contributed by atoms with E-state index >= 15 is 0 Å². The average molecular weight is 506 g/mol. The van der Waals surface area contributed by atoms with Crippen molar-refractivity contribution in [3.63, 3.8) is 0 Å². The van der Waals surface area contributed by atoms with Crippen LogP contribution in [-0.4, -0.2) is 35.7 Å². The average Bonchev–Trinajstić information content (AvgIpc) is 3.52. The molecule has 0 bridgehead atoms. The van der Waals surface area contributed by atoms with Gasteiger partial charge in [0.05, 0.1) is 31.2 Å². The molecule has 0 fully saturated rings. The predicted molar refractivity (Wildman–Crippen MR) is 143 cm³/mol. The SMILES string of the molecule is CCC(C)NC(=O)c1cc(-c2csc(COc3ccc(OC)cc3)n2)n(-c2ccc(OC)cc2)c1C. The van der Waals surface area contributed by atoms with E-state index in [1.54, 1.807) is 14.2 Å². The van der Waals surface area contributed by atoms with Gasteiger partial charge < -0.3 is 24.1 Å². The molecule has 1 atom stereocenters. The highest BCUT2D eigenvalue weighted by molar-refractivity contribution is 7.09. The zero-order valence-corrected chi connectivity index (χ0v) is 22.0. The Morgan fingerprint density at radius 1 is 1.03 bits per heavy atom. The highest BCUT2D eigenvalue weighted by Crippen LogP contribution is 2.31. The lowest BCUT2D eigenvalue weighted by atomic mass is 10.2. The number of methoxy groups -OCH3 is 2. The lowest BCUT2D eigenvalue weighted by molar-refractivity contribution is 0.0938. The molecule has 2 aromatic carbocycles. The number of nitrogens with one attached hydrogen (secondary N) is 1. The Kier molecular flexibility index (Phi) is 7.95. The van der Waals surface area contributed by atoms with E-state index in [4.69, 9.17) is 19.2 Å². The van der Waals surface area contributed by atoms with E-state index in [0.29, 0.717) is 12.2 Å². The maximum atomic E-state index is 13.1. The van der Waals surface area contributed by atoms with E-state index in [1.165, 1.54) is 11.3 Å². The van der Waals surface area contributed by atoms with Crippen LogP contribution < -0.4 is 19.5 Å². The summed E-state index contributed by atoms with van der Waals surface area (Å²) >= 11 is 1.52. The molecule has 0 saturated heterocycles.